The first-order chi connectivity index (χ1) is 13.7. The molecule has 0 radical (unpaired) electrons. The van der Waals surface area contributed by atoms with Gasteiger partial charge in [0.25, 0.3) is 0 Å². The first-order valence-corrected chi connectivity index (χ1v) is 10.7. The van der Waals surface area contributed by atoms with Crippen LogP contribution in [0.2, 0.25) is 0 Å². The van der Waals surface area contributed by atoms with Crippen molar-refractivity contribution in [3.05, 3.63) is 69.5 Å². The lowest BCUT2D eigenvalue weighted by Gasteiger charge is -2.33. The molecule has 3 aromatic heterocycles. The zero-order valence-corrected chi connectivity index (χ0v) is 16.8. The lowest BCUT2D eigenvalue weighted by atomic mass is 10.0. The monoisotopic (exact) mass is 485 g/mol. The zero-order chi connectivity index (χ0) is 20.6. The largest absolute Gasteiger partial charge is 0.433 e. The second-order valence-electron chi connectivity index (χ2n) is 6.75. The van der Waals surface area contributed by atoms with Crippen LogP contribution in [0.4, 0.5) is 13.2 Å². The van der Waals surface area contributed by atoms with Crippen LogP contribution in [-0.4, -0.2) is 32.9 Å². The van der Waals surface area contributed by atoms with Gasteiger partial charge in [-0.05, 0) is 39.7 Å². The van der Waals surface area contributed by atoms with Crippen LogP contribution in [0, 0.1) is 0 Å². The van der Waals surface area contributed by atoms with Crippen LogP contribution < -0.4 is 0 Å². The summed E-state index contributed by atoms with van der Waals surface area (Å²) in [7, 11) is -4.15. The third-order valence-electron chi connectivity index (χ3n) is 5.15. The fraction of sp³-hybridized carbons (Fsp3) is 0.235. The summed E-state index contributed by atoms with van der Waals surface area (Å²) in [6, 6.07) is 3.88. The molecule has 1 N–H and O–H groups in total. The predicted molar refractivity (Wildman–Crippen MR) is 97.1 cm³/mol. The summed E-state index contributed by atoms with van der Waals surface area (Å²) in [5.41, 5.74) is 1.67. The highest BCUT2D eigenvalue weighted by molar-refractivity contribution is 9.10. The highest BCUT2D eigenvalue weighted by Gasteiger charge is 2.52. The van der Waals surface area contributed by atoms with Gasteiger partial charge in [0.1, 0.15) is 15.2 Å². The average molecular weight is 486 g/mol. The Bertz CT molecular complexity index is 1230. The van der Waals surface area contributed by atoms with Gasteiger partial charge < -0.3 is 0 Å². The molecule has 2 aliphatic heterocycles. The van der Waals surface area contributed by atoms with Crippen molar-refractivity contribution >= 4 is 26.0 Å². The lowest BCUT2D eigenvalue weighted by molar-refractivity contribution is -0.141. The minimum atomic E-state index is -4.65. The molecule has 0 spiro atoms. The van der Waals surface area contributed by atoms with Crippen molar-refractivity contribution in [2.75, 3.05) is 0 Å². The molecule has 0 fully saturated rings. The second-order valence-corrected chi connectivity index (χ2v) is 9.40. The fourth-order valence-corrected chi connectivity index (χ4v) is 5.93. The van der Waals surface area contributed by atoms with E-state index >= 15 is 0 Å². The van der Waals surface area contributed by atoms with E-state index in [4.69, 9.17) is 0 Å². The summed E-state index contributed by atoms with van der Waals surface area (Å²) in [6.45, 7) is 0. The Labute approximate surface area is 171 Å². The number of aromatic amines is 1. The van der Waals surface area contributed by atoms with Gasteiger partial charge in [0.05, 0.1) is 24.0 Å². The standard InChI is InChI=1S/C17H11BrF3N5O2S/c18-14-4-2-9-12-5-11-10(7-23-25-11)16(15(9)24-14)26(12)29(27,28)8-1-3-13(22-6-8)17(19,20)21/h1-4,6-7,12,16H,5H2,(H,23,25). The second kappa shape index (κ2) is 6.09. The molecular weight excluding hydrogens is 475 g/mol. The van der Waals surface area contributed by atoms with Gasteiger partial charge in [0.2, 0.25) is 10.0 Å². The molecule has 3 aromatic rings. The average Bonchev–Trinajstić information content (AvgIpc) is 3.23. The Morgan fingerprint density at radius 3 is 2.62 bits per heavy atom. The van der Waals surface area contributed by atoms with Gasteiger partial charge in [0, 0.05) is 23.9 Å². The number of fused-ring (bicyclic) bond motifs is 7. The number of sulfonamides is 1. The Kier molecular flexibility index (Phi) is 3.93. The predicted octanol–water partition coefficient (Wildman–Crippen LogP) is 3.37. The molecule has 5 rings (SSSR count). The number of aromatic nitrogens is 4. The molecule has 2 aliphatic rings. The van der Waals surface area contributed by atoms with Crippen molar-refractivity contribution in [2.45, 2.75) is 29.6 Å². The van der Waals surface area contributed by atoms with Gasteiger partial charge in [-0.3, -0.25) is 10.1 Å². The van der Waals surface area contributed by atoms with E-state index in [1.165, 1.54) is 4.31 Å². The van der Waals surface area contributed by atoms with Gasteiger partial charge in [0.15, 0.2) is 0 Å². The third-order valence-corrected chi connectivity index (χ3v) is 7.45. The van der Waals surface area contributed by atoms with E-state index in [1.54, 1.807) is 12.3 Å². The van der Waals surface area contributed by atoms with Crippen LogP contribution in [-0.2, 0) is 22.6 Å². The number of hydrogen-bond donors (Lipinski definition) is 1. The topological polar surface area (TPSA) is 91.8 Å². The maximum absolute atomic E-state index is 13.4. The first-order valence-electron chi connectivity index (χ1n) is 8.43. The summed E-state index contributed by atoms with van der Waals surface area (Å²) in [5, 5.41) is 6.92. The summed E-state index contributed by atoms with van der Waals surface area (Å²) in [6.07, 6.45) is -1.99. The third kappa shape index (κ3) is 2.73. The van der Waals surface area contributed by atoms with Crippen LogP contribution in [0.15, 0.2) is 46.2 Å². The Hall–Kier alpha value is -2.31. The van der Waals surface area contributed by atoms with Gasteiger partial charge in [-0.25, -0.2) is 13.4 Å². The van der Waals surface area contributed by atoms with Crippen molar-refractivity contribution in [3.8, 4) is 0 Å². The van der Waals surface area contributed by atoms with Crippen molar-refractivity contribution in [2.24, 2.45) is 0 Å². The van der Waals surface area contributed by atoms with E-state index in [0.717, 1.165) is 23.5 Å². The number of alkyl halides is 3. The van der Waals surface area contributed by atoms with E-state index in [0.29, 0.717) is 28.3 Å². The maximum atomic E-state index is 13.4. The molecule has 29 heavy (non-hydrogen) atoms. The van der Waals surface area contributed by atoms with E-state index in [9.17, 15) is 21.6 Å². The van der Waals surface area contributed by atoms with E-state index in [2.05, 4.69) is 36.1 Å². The van der Waals surface area contributed by atoms with Gasteiger partial charge >= 0.3 is 6.18 Å². The van der Waals surface area contributed by atoms with E-state index < -0.39 is 34.0 Å². The molecule has 0 amide bonds. The summed E-state index contributed by atoms with van der Waals surface area (Å²) < 4.78 is 67.1. The maximum Gasteiger partial charge on any atom is 0.433 e. The van der Waals surface area contributed by atoms with Crippen LogP contribution >= 0.6 is 15.9 Å². The van der Waals surface area contributed by atoms with E-state index in [-0.39, 0.29) is 4.90 Å². The summed E-state index contributed by atoms with van der Waals surface area (Å²) in [4.78, 5) is 7.48. The van der Waals surface area contributed by atoms with Gasteiger partial charge in [-0.1, -0.05) is 6.07 Å². The molecule has 7 nitrogen and oxygen atoms in total. The van der Waals surface area contributed by atoms with Gasteiger partial charge in [-0.2, -0.15) is 22.6 Å². The molecule has 0 saturated carbocycles. The molecule has 2 bridgehead atoms. The van der Waals surface area contributed by atoms with Crippen LogP contribution in [0.5, 0.6) is 0 Å². The normalized spacial score (nSPS) is 21.1. The number of hydrogen-bond acceptors (Lipinski definition) is 5. The number of halogens is 4. The van der Waals surface area contributed by atoms with Gasteiger partial charge in [-0.15, -0.1) is 0 Å². The van der Waals surface area contributed by atoms with Crippen molar-refractivity contribution in [1.29, 1.82) is 0 Å². The number of H-pyrrole nitrogens is 1. The lowest BCUT2D eigenvalue weighted by Crippen LogP contribution is -2.37. The molecular formula is C17H11BrF3N5O2S. The number of nitrogens with one attached hydrogen (secondary N) is 1. The number of rotatable bonds is 2. The Balaban J connectivity index is 1.64. The number of pyridine rings is 2. The SMILES string of the molecule is O=S(=O)(c1ccc(C(F)(F)F)nc1)N1C2Cc3[nH]ncc3C1c1nc(Br)ccc12. The van der Waals surface area contributed by atoms with Crippen molar-refractivity contribution < 1.29 is 21.6 Å². The molecule has 2 unspecified atom stereocenters. The van der Waals surface area contributed by atoms with E-state index in [1.807, 2.05) is 6.07 Å². The Morgan fingerprint density at radius 2 is 1.93 bits per heavy atom. The first kappa shape index (κ1) is 18.7. The van der Waals surface area contributed by atoms with Crippen LogP contribution in [0.1, 0.15) is 40.3 Å². The molecule has 5 heterocycles. The van der Waals surface area contributed by atoms with Crippen LogP contribution in [0.25, 0.3) is 0 Å². The molecule has 0 aliphatic carbocycles. The molecule has 12 heteroatoms. The highest BCUT2D eigenvalue weighted by Crippen LogP contribution is 2.53. The molecule has 2 atom stereocenters. The molecule has 0 saturated heterocycles. The van der Waals surface area contributed by atoms with Crippen molar-refractivity contribution in [1.82, 2.24) is 24.5 Å². The zero-order valence-electron chi connectivity index (χ0n) is 14.4. The number of nitrogens with zero attached hydrogens (tertiary/aromatic N) is 4. The molecule has 150 valence electrons. The van der Waals surface area contributed by atoms with Crippen molar-refractivity contribution in [3.63, 3.8) is 0 Å². The minimum absolute atomic E-state index is 0.306. The minimum Gasteiger partial charge on any atom is -0.282 e. The fourth-order valence-electron chi connectivity index (χ4n) is 3.93. The quantitative estimate of drug-likeness (QED) is 0.561. The smallest absolute Gasteiger partial charge is 0.282 e. The molecule has 0 aromatic carbocycles. The summed E-state index contributed by atoms with van der Waals surface area (Å²) in [5.74, 6) is 0. The van der Waals surface area contributed by atoms with Crippen LogP contribution in [0.3, 0.4) is 0 Å². The highest BCUT2D eigenvalue weighted by atomic mass is 79.9. The summed E-state index contributed by atoms with van der Waals surface area (Å²) >= 11 is 3.32. The Morgan fingerprint density at radius 1 is 1.14 bits per heavy atom.